The number of thioether (sulfide) groups is 1. The molecule has 0 nitrogen and oxygen atoms in total. The molecule has 0 fully saturated rings. The number of hydrogen-bond donors (Lipinski definition) is 1. The Kier molecular flexibility index (Phi) is 7.34. The summed E-state index contributed by atoms with van der Waals surface area (Å²) in [6.45, 7) is 4.47. The molecule has 0 N–H and O–H groups in total. The van der Waals surface area contributed by atoms with Gasteiger partial charge in [0, 0.05) is 0 Å². The van der Waals surface area contributed by atoms with Crippen molar-refractivity contribution < 1.29 is 0 Å². The van der Waals surface area contributed by atoms with E-state index in [1.54, 1.807) is 0 Å². The van der Waals surface area contributed by atoms with Crippen LogP contribution in [0.1, 0.15) is 20.3 Å². The first-order chi connectivity index (χ1) is 4.31. The van der Waals surface area contributed by atoms with E-state index in [0.29, 0.717) is 0 Å². The standard InChI is InChI=1S/C7H16S2/c1-3-4-9-6-7(2)5-8/h7-8H,3-6H2,1-2H3. The van der Waals surface area contributed by atoms with Crippen molar-refractivity contribution in [2.75, 3.05) is 17.3 Å². The van der Waals surface area contributed by atoms with Crippen LogP contribution in [0.4, 0.5) is 0 Å². The number of thiol groups is 1. The van der Waals surface area contributed by atoms with E-state index in [1.165, 1.54) is 17.9 Å². The van der Waals surface area contributed by atoms with E-state index in [9.17, 15) is 0 Å². The Labute approximate surface area is 68.2 Å². The van der Waals surface area contributed by atoms with Crippen LogP contribution in [0, 0.1) is 5.92 Å². The summed E-state index contributed by atoms with van der Waals surface area (Å²) in [5, 5.41) is 0. The maximum Gasteiger partial charge on any atom is -0.00340 e. The molecule has 0 amide bonds. The normalized spacial score (nSPS) is 13.7. The van der Waals surface area contributed by atoms with E-state index in [2.05, 4.69) is 26.5 Å². The molecule has 0 spiro atoms. The Morgan fingerprint density at radius 3 is 2.67 bits per heavy atom. The van der Waals surface area contributed by atoms with Crippen LogP contribution in [-0.2, 0) is 0 Å². The lowest BCUT2D eigenvalue weighted by Gasteiger charge is -2.04. The highest BCUT2D eigenvalue weighted by Crippen LogP contribution is 2.09. The summed E-state index contributed by atoms with van der Waals surface area (Å²) in [7, 11) is 0. The Bertz CT molecular complexity index is 54.9. The van der Waals surface area contributed by atoms with Crippen LogP contribution in [0.5, 0.6) is 0 Å². The van der Waals surface area contributed by atoms with Gasteiger partial charge >= 0.3 is 0 Å². The summed E-state index contributed by atoms with van der Waals surface area (Å²) in [5.74, 6) is 4.39. The largest absolute Gasteiger partial charge is 0.179 e. The minimum absolute atomic E-state index is 0.782. The zero-order chi connectivity index (χ0) is 7.11. The summed E-state index contributed by atoms with van der Waals surface area (Å²) in [5.41, 5.74) is 0. The minimum atomic E-state index is 0.782. The van der Waals surface area contributed by atoms with Gasteiger partial charge in [-0.15, -0.1) is 0 Å². The fourth-order valence-electron chi connectivity index (χ4n) is 0.482. The first-order valence-electron chi connectivity index (χ1n) is 3.49. The summed E-state index contributed by atoms with van der Waals surface area (Å²) in [6, 6.07) is 0. The zero-order valence-corrected chi connectivity index (χ0v) is 7.97. The highest BCUT2D eigenvalue weighted by atomic mass is 32.2. The quantitative estimate of drug-likeness (QED) is 0.481. The Morgan fingerprint density at radius 1 is 1.56 bits per heavy atom. The van der Waals surface area contributed by atoms with Crippen LogP contribution < -0.4 is 0 Å². The first-order valence-corrected chi connectivity index (χ1v) is 5.28. The van der Waals surface area contributed by atoms with Gasteiger partial charge in [-0.25, -0.2) is 0 Å². The van der Waals surface area contributed by atoms with Gasteiger partial charge < -0.3 is 0 Å². The average molecular weight is 164 g/mol. The predicted molar refractivity (Wildman–Crippen MR) is 50.6 cm³/mol. The third kappa shape index (κ3) is 6.59. The predicted octanol–water partition coefficient (Wildman–Crippen LogP) is 2.70. The topological polar surface area (TPSA) is 0 Å². The molecule has 0 bridgehead atoms. The second-order valence-electron chi connectivity index (χ2n) is 2.36. The van der Waals surface area contributed by atoms with Gasteiger partial charge in [0.2, 0.25) is 0 Å². The van der Waals surface area contributed by atoms with Crippen molar-refractivity contribution >= 4 is 24.4 Å². The summed E-state index contributed by atoms with van der Waals surface area (Å²) in [6.07, 6.45) is 1.30. The van der Waals surface area contributed by atoms with E-state index >= 15 is 0 Å². The lowest BCUT2D eigenvalue weighted by atomic mass is 10.3. The third-order valence-electron chi connectivity index (χ3n) is 1.06. The van der Waals surface area contributed by atoms with E-state index in [1.807, 2.05) is 11.8 Å². The van der Waals surface area contributed by atoms with Crippen molar-refractivity contribution in [1.29, 1.82) is 0 Å². The van der Waals surface area contributed by atoms with Crippen molar-refractivity contribution in [3.63, 3.8) is 0 Å². The molecule has 0 aromatic heterocycles. The van der Waals surface area contributed by atoms with Crippen LogP contribution in [0.15, 0.2) is 0 Å². The molecule has 0 aliphatic carbocycles. The molecule has 0 aliphatic heterocycles. The molecule has 0 saturated carbocycles. The van der Waals surface area contributed by atoms with Gasteiger partial charge in [-0.3, -0.25) is 0 Å². The highest BCUT2D eigenvalue weighted by molar-refractivity contribution is 7.99. The monoisotopic (exact) mass is 164 g/mol. The fourth-order valence-corrected chi connectivity index (χ4v) is 1.76. The highest BCUT2D eigenvalue weighted by Gasteiger charge is 1.96. The molecule has 56 valence electrons. The molecule has 2 heteroatoms. The Balaban J connectivity index is 2.88. The maximum atomic E-state index is 4.20. The zero-order valence-electron chi connectivity index (χ0n) is 6.26. The van der Waals surface area contributed by atoms with Gasteiger partial charge in [0.15, 0.2) is 0 Å². The molecule has 1 atom stereocenters. The van der Waals surface area contributed by atoms with E-state index in [-0.39, 0.29) is 0 Å². The van der Waals surface area contributed by atoms with Crippen molar-refractivity contribution in [3.05, 3.63) is 0 Å². The SMILES string of the molecule is CCCSCC(C)CS. The van der Waals surface area contributed by atoms with Gasteiger partial charge in [-0.2, -0.15) is 24.4 Å². The van der Waals surface area contributed by atoms with Crippen LogP contribution >= 0.6 is 24.4 Å². The lowest BCUT2D eigenvalue weighted by molar-refractivity contribution is 0.766. The summed E-state index contributed by atoms with van der Waals surface area (Å²) in [4.78, 5) is 0. The van der Waals surface area contributed by atoms with Crippen LogP contribution in [0.2, 0.25) is 0 Å². The molecule has 0 aromatic carbocycles. The van der Waals surface area contributed by atoms with Gasteiger partial charge in [-0.05, 0) is 29.6 Å². The molecule has 9 heavy (non-hydrogen) atoms. The van der Waals surface area contributed by atoms with Crippen molar-refractivity contribution in [3.8, 4) is 0 Å². The molecular weight excluding hydrogens is 148 g/mol. The first kappa shape index (κ1) is 9.70. The minimum Gasteiger partial charge on any atom is -0.179 e. The Hall–Kier alpha value is 0.700. The molecular formula is C7H16S2. The third-order valence-corrected chi connectivity index (χ3v) is 3.19. The van der Waals surface area contributed by atoms with Gasteiger partial charge in [0.05, 0.1) is 0 Å². The number of rotatable bonds is 5. The van der Waals surface area contributed by atoms with Crippen LogP contribution in [0.25, 0.3) is 0 Å². The average Bonchev–Trinajstić information content (AvgIpc) is 1.89. The Morgan fingerprint density at radius 2 is 2.22 bits per heavy atom. The van der Waals surface area contributed by atoms with Crippen molar-refractivity contribution in [2.45, 2.75) is 20.3 Å². The second kappa shape index (κ2) is 6.81. The second-order valence-corrected chi connectivity index (χ2v) is 3.88. The molecule has 0 rings (SSSR count). The van der Waals surface area contributed by atoms with Crippen LogP contribution in [0.3, 0.4) is 0 Å². The van der Waals surface area contributed by atoms with Crippen molar-refractivity contribution in [2.24, 2.45) is 5.92 Å². The molecule has 0 saturated heterocycles. The molecule has 0 aliphatic rings. The van der Waals surface area contributed by atoms with Gasteiger partial charge in [-0.1, -0.05) is 13.8 Å². The van der Waals surface area contributed by atoms with Gasteiger partial charge in [0.1, 0.15) is 0 Å². The van der Waals surface area contributed by atoms with E-state index in [4.69, 9.17) is 0 Å². The lowest BCUT2D eigenvalue weighted by Crippen LogP contribution is -1.99. The molecule has 0 aromatic rings. The smallest absolute Gasteiger partial charge is 0.00340 e. The molecule has 0 heterocycles. The van der Waals surface area contributed by atoms with Crippen molar-refractivity contribution in [1.82, 2.24) is 0 Å². The molecule has 1 unspecified atom stereocenters. The van der Waals surface area contributed by atoms with E-state index < -0.39 is 0 Å². The summed E-state index contributed by atoms with van der Waals surface area (Å²) >= 11 is 6.24. The van der Waals surface area contributed by atoms with E-state index in [0.717, 1.165) is 11.7 Å². The summed E-state index contributed by atoms with van der Waals surface area (Å²) < 4.78 is 0. The maximum absolute atomic E-state index is 4.20. The number of hydrogen-bond acceptors (Lipinski definition) is 2. The van der Waals surface area contributed by atoms with Gasteiger partial charge in [0.25, 0.3) is 0 Å². The molecule has 0 radical (unpaired) electrons. The van der Waals surface area contributed by atoms with Crippen LogP contribution in [-0.4, -0.2) is 17.3 Å². The fraction of sp³-hybridized carbons (Fsp3) is 1.00.